The zero-order valence-corrected chi connectivity index (χ0v) is 13.2. The van der Waals surface area contributed by atoms with E-state index in [0.717, 1.165) is 12.2 Å². The van der Waals surface area contributed by atoms with E-state index in [9.17, 15) is 4.79 Å². The lowest BCUT2D eigenvalue weighted by atomic mass is 9.84. The van der Waals surface area contributed by atoms with E-state index in [0.29, 0.717) is 24.0 Å². The Kier molecular flexibility index (Phi) is 5.43. The number of anilines is 1. The first-order valence-corrected chi connectivity index (χ1v) is 7.76. The summed E-state index contributed by atoms with van der Waals surface area (Å²) in [6.07, 6.45) is 4.80. The average Bonchev–Trinajstić information content (AvgIpc) is 2.45. The van der Waals surface area contributed by atoms with Gasteiger partial charge in [0.25, 0.3) is 0 Å². The molecule has 1 aromatic rings. The first kappa shape index (κ1) is 15.6. The number of hydrogen-bond acceptors (Lipinski definition) is 3. The zero-order chi connectivity index (χ0) is 15.2. The van der Waals surface area contributed by atoms with Crippen LogP contribution in [-0.4, -0.2) is 19.1 Å². The van der Waals surface area contributed by atoms with Gasteiger partial charge in [0.2, 0.25) is 0 Å². The quantitative estimate of drug-likeness (QED) is 0.649. The second kappa shape index (κ2) is 7.30. The normalized spacial score (nSPS) is 21.6. The van der Waals surface area contributed by atoms with Crippen molar-refractivity contribution in [1.82, 2.24) is 0 Å². The van der Waals surface area contributed by atoms with Crippen molar-refractivity contribution in [1.29, 1.82) is 0 Å². The molecule has 0 aliphatic heterocycles. The molecule has 0 spiro atoms. The summed E-state index contributed by atoms with van der Waals surface area (Å²) in [5.74, 6) is 1.11. The third-order valence-electron chi connectivity index (χ3n) is 3.88. The number of rotatable bonds is 5. The first-order valence-electron chi connectivity index (χ1n) is 7.76. The molecule has 0 fully saturated rings. The number of benzene rings is 1. The number of ether oxygens (including phenoxy) is 1. The lowest BCUT2D eigenvalue weighted by Gasteiger charge is -2.26. The Hall–Kier alpha value is -1.77. The maximum Gasteiger partial charge on any atom is 0.338 e. The summed E-state index contributed by atoms with van der Waals surface area (Å²) in [5, 5.41) is 3.47. The summed E-state index contributed by atoms with van der Waals surface area (Å²) < 4.78 is 4.98. The molecule has 2 unspecified atom stereocenters. The van der Waals surface area contributed by atoms with Gasteiger partial charge in [-0.15, -0.1) is 0 Å². The van der Waals surface area contributed by atoms with Crippen LogP contribution in [0.15, 0.2) is 35.9 Å². The Morgan fingerprint density at radius 2 is 2.05 bits per heavy atom. The van der Waals surface area contributed by atoms with Crippen molar-refractivity contribution in [2.45, 2.75) is 33.6 Å². The molecule has 0 aromatic heterocycles. The Bertz CT molecular complexity index is 504. The van der Waals surface area contributed by atoms with Gasteiger partial charge in [-0.1, -0.05) is 18.6 Å². The highest BCUT2D eigenvalue weighted by atomic mass is 16.5. The minimum absolute atomic E-state index is 0.258. The Labute approximate surface area is 127 Å². The molecule has 1 N–H and O–H groups in total. The van der Waals surface area contributed by atoms with Gasteiger partial charge in [0.1, 0.15) is 0 Å². The van der Waals surface area contributed by atoms with E-state index in [1.54, 1.807) is 0 Å². The number of carbonyl (C=O) groups is 1. The van der Waals surface area contributed by atoms with E-state index in [-0.39, 0.29) is 5.97 Å². The predicted octanol–water partition coefficient (Wildman–Crippen LogP) is 4.27. The molecule has 3 heteroatoms. The van der Waals surface area contributed by atoms with E-state index in [2.05, 4.69) is 25.2 Å². The largest absolute Gasteiger partial charge is 0.462 e. The number of hydrogen-bond donors (Lipinski definition) is 1. The summed E-state index contributed by atoms with van der Waals surface area (Å²) in [7, 11) is 0. The van der Waals surface area contributed by atoms with Crippen LogP contribution in [0.4, 0.5) is 5.69 Å². The van der Waals surface area contributed by atoms with Gasteiger partial charge in [0, 0.05) is 12.2 Å². The van der Waals surface area contributed by atoms with Gasteiger partial charge in [0.15, 0.2) is 0 Å². The van der Waals surface area contributed by atoms with Crippen LogP contribution in [0.2, 0.25) is 0 Å². The average molecular weight is 287 g/mol. The fraction of sp³-hybridized carbons (Fsp3) is 0.500. The highest BCUT2D eigenvalue weighted by molar-refractivity contribution is 5.89. The zero-order valence-electron chi connectivity index (χ0n) is 13.2. The van der Waals surface area contributed by atoms with Crippen molar-refractivity contribution in [2.75, 3.05) is 18.5 Å². The molecule has 0 bridgehead atoms. The van der Waals surface area contributed by atoms with Crippen LogP contribution in [0.3, 0.4) is 0 Å². The van der Waals surface area contributed by atoms with Crippen LogP contribution in [0.5, 0.6) is 0 Å². The molecule has 1 aromatic carbocycles. The molecule has 0 amide bonds. The first-order chi connectivity index (χ1) is 10.1. The molecular formula is C18H25NO2. The van der Waals surface area contributed by atoms with Gasteiger partial charge in [-0.2, -0.15) is 0 Å². The fourth-order valence-electron chi connectivity index (χ4n) is 3.04. The lowest BCUT2D eigenvalue weighted by molar-refractivity contribution is 0.0526. The predicted molar refractivity (Wildman–Crippen MR) is 86.5 cm³/mol. The monoisotopic (exact) mass is 287 g/mol. The topological polar surface area (TPSA) is 38.3 Å². The van der Waals surface area contributed by atoms with Gasteiger partial charge in [-0.05, 0) is 62.8 Å². The van der Waals surface area contributed by atoms with Crippen LogP contribution in [0.1, 0.15) is 44.0 Å². The van der Waals surface area contributed by atoms with E-state index < -0.39 is 0 Å². The van der Waals surface area contributed by atoms with Crippen molar-refractivity contribution in [3.63, 3.8) is 0 Å². The molecule has 3 nitrogen and oxygen atoms in total. The molecule has 1 aliphatic rings. The van der Waals surface area contributed by atoms with Crippen molar-refractivity contribution in [2.24, 2.45) is 11.8 Å². The number of allylic oxidation sites excluding steroid dienone is 2. The van der Waals surface area contributed by atoms with Crippen molar-refractivity contribution < 1.29 is 9.53 Å². The van der Waals surface area contributed by atoms with Gasteiger partial charge in [-0.25, -0.2) is 4.79 Å². The molecule has 0 radical (unpaired) electrons. The third-order valence-corrected chi connectivity index (χ3v) is 3.88. The molecule has 0 saturated carbocycles. The summed E-state index contributed by atoms with van der Waals surface area (Å²) in [4.78, 5) is 11.6. The maximum absolute atomic E-state index is 11.6. The SMILES string of the molecule is CCOC(=O)c1ccc(NCC2CC(C)=CC(C)C2)cc1. The number of nitrogens with one attached hydrogen (secondary N) is 1. The van der Waals surface area contributed by atoms with Crippen molar-refractivity contribution in [3.05, 3.63) is 41.5 Å². The van der Waals surface area contributed by atoms with Crippen LogP contribution >= 0.6 is 0 Å². The molecule has 114 valence electrons. The molecule has 21 heavy (non-hydrogen) atoms. The Morgan fingerprint density at radius 3 is 2.67 bits per heavy atom. The molecule has 2 atom stereocenters. The molecule has 0 heterocycles. The van der Waals surface area contributed by atoms with E-state index >= 15 is 0 Å². The fourth-order valence-corrected chi connectivity index (χ4v) is 3.04. The van der Waals surface area contributed by atoms with Crippen molar-refractivity contribution in [3.8, 4) is 0 Å². The van der Waals surface area contributed by atoms with Crippen LogP contribution < -0.4 is 5.32 Å². The second-order valence-electron chi connectivity index (χ2n) is 5.97. The minimum atomic E-state index is -0.258. The highest BCUT2D eigenvalue weighted by Gasteiger charge is 2.17. The standard InChI is InChI=1S/C18H25NO2/c1-4-21-18(20)16-5-7-17(8-6-16)19-12-15-10-13(2)9-14(3)11-15/h5-9,13,15,19H,4,10-12H2,1-3H3. The molecule has 1 aliphatic carbocycles. The van der Waals surface area contributed by atoms with Crippen LogP contribution in [0.25, 0.3) is 0 Å². The van der Waals surface area contributed by atoms with Gasteiger partial charge < -0.3 is 10.1 Å². The van der Waals surface area contributed by atoms with Gasteiger partial charge in [0.05, 0.1) is 12.2 Å². The minimum Gasteiger partial charge on any atom is -0.462 e. The maximum atomic E-state index is 11.6. The van der Waals surface area contributed by atoms with E-state index in [1.165, 1.54) is 18.4 Å². The van der Waals surface area contributed by atoms with Gasteiger partial charge in [-0.3, -0.25) is 0 Å². The summed E-state index contributed by atoms with van der Waals surface area (Å²) >= 11 is 0. The smallest absolute Gasteiger partial charge is 0.338 e. The number of esters is 1. The van der Waals surface area contributed by atoms with Crippen LogP contribution in [-0.2, 0) is 4.74 Å². The summed E-state index contributed by atoms with van der Waals surface area (Å²) in [6.45, 7) is 7.70. The lowest BCUT2D eigenvalue weighted by Crippen LogP contribution is -2.20. The van der Waals surface area contributed by atoms with Crippen molar-refractivity contribution >= 4 is 11.7 Å². The van der Waals surface area contributed by atoms with E-state index in [1.807, 2.05) is 31.2 Å². The Morgan fingerprint density at radius 1 is 1.33 bits per heavy atom. The Balaban J connectivity index is 1.86. The number of carbonyl (C=O) groups excluding carboxylic acids is 1. The van der Waals surface area contributed by atoms with E-state index in [4.69, 9.17) is 4.74 Å². The molecule has 0 saturated heterocycles. The van der Waals surface area contributed by atoms with Crippen LogP contribution in [0, 0.1) is 11.8 Å². The molecule has 2 rings (SSSR count). The second-order valence-corrected chi connectivity index (χ2v) is 5.97. The molecular weight excluding hydrogens is 262 g/mol. The third kappa shape index (κ3) is 4.62. The summed E-state index contributed by atoms with van der Waals surface area (Å²) in [5.41, 5.74) is 3.16. The van der Waals surface area contributed by atoms with Gasteiger partial charge >= 0.3 is 5.97 Å². The highest BCUT2D eigenvalue weighted by Crippen LogP contribution is 2.28. The summed E-state index contributed by atoms with van der Waals surface area (Å²) in [6, 6.07) is 7.52.